The lowest BCUT2D eigenvalue weighted by molar-refractivity contribution is 0.660. The summed E-state index contributed by atoms with van der Waals surface area (Å²) in [5.74, 6) is 0. The monoisotopic (exact) mass is 1380 g/mol. The van der Waals surface area contributed by atoms with Crippen molar-refractivity contribution in [3.8, 4) is 89.0 Å². The van der Waals surface area contributed by atoms with Crippen molar-refractivity contribution in [1.82, 2.24) is 0 Å². The third-order valence-electron chi connectivity index (χ3n) is 18.6. The molecule has 0 radical (unpaired) electrons. The van der Waals surface area contributed by atoms with E-state index in [1.54, 1.807) is 0 Å². The maximum absolute atomic E-state index is 10.0. The molecule has 2 nitrogen and oxygen atoms in total. The standard InChI is InChI=1S/2C51H34O/c1-51(2)44-23-10-9-17-36(44)37-26-25-34(29-45(37)51)31-15-11-16-35(27-31)48-38-18-5-7-20-40(38)49(41-21-8-6-19-39(41)48)42-22-12-24-46-50(42)43-28-32-13-3-4-14-33(32)30-47(43)52-46;1-51(2)44-20-10-9-14-36(44)37-27-26-35(29-45(37)51)31-22-24-32(25-23-31)48-38-15-5-7-17-40(38)49(41-18-8-6-16-39(41)48)42-19-11-21-46-50(42)43-28-33-12-3-4-13-34(33)30-47(43)52-46/h2*3-30H,1-2H3/i3D,4D,5D,6D,7D,8D,9D,10D,11D,12D,13D,14D,15D,16D,17D,18D,19D,20D,21D,22D,23D,24D,25D,26D,27D,28D,29D,30D;1D3,3D,4D,5D,6D,7D,8D,9D,10D,11D,12D,13D,14D,15D,16D,17D,18D,19D,20D,21D,22D,23D,24D,25D,26D,27D,28D,29D,30D. The molecule has 18 aromatic carbocycles. The van der Waals surface area contributed by atoms with E-state index in [9.17, 15) is 38.4 Å². The van der Waals surface area contributed by atoms with Crippen LogP contribution in [0.5, 0.6) is 0 Å². The highest BCUT2D eigenvalue weighted by atomic mass is 16.3. The Hall–Kier alpha value is -12.9. The molecule has 104 heavy (non-hydrogen) atoms. The van der Waals surface area contributed by atoms with Gasteiger partial charge in [-0.3, -0.25) is 0 Å². The molecule has 0 aliphatic heterocycles. The van der Waals surface area contributed by atoms with Gasteiger partial charge in [0.15, 0.2) is 0 Å². The number of hydrogen-bond acceptors (Lipinski definition) is 2. The minimum atomic E-state index is -3.27. The van der Waals surface area contributed by atoms with E-state index in [1.165, 1.54) is 13.8 Å². The molecule has 0 bridgehead atoms. The van der Waals surface area contributed by atoms with Gasteiger partial charge in [-0.05, 0) is 230 Å². The molecule has 2 heterocycles. The van der Waals surface area contributed by atoms with Crippen molar-refractivity contribution >= 4 is 109 Å². The Morgan fingerprint density at radius 2 is 0.548 bits per heavy atom. The predicted octanol–water partition coefficient (Wildman–Crippen LogP) is 28.7. The van der Waals surface area contributed by atoms with Crippen molar-refractivity contribution in [2.75, 3.05) is 0 Å². The minimum absolute atomic E-state index is 0.0225. The fraction of sp³-hybridized carbons (Fsp3) is 0.0588. The fourth-order valence-electron chi connectivity index (χ4n) is 14.0. The van der Waals surface area contributed by atoms with E-state index in [2.05, 4.69) is 0 Å². The maximum atomic E-state index is 10.0. The normalized spacial score (nSPS) is 22.4. The summed E-state index contributed by atoms with van der Waals surface area (Å²) in [5.41, 5.74) is -18.8. The van der Waals surface area contributed by atoms with Crippen LogP contribution in [0.2, 0.25) is 0 Å². The van der Waals surface area contributed by atoms with Gasteiger partial charge in [-0.15, -0.1) is 0 Å². The van der Waals surface area contributed by atoms with Gasteiger partial charge >= 0.3 is 0 Å². The molecule has 488 valence electrons. The van der Waals surface area contributed by atoms with Crippen molar-refractivity contribution in [3.63, 3.8) is 0 Å². The molecule has 22 rings (SSSR count). The number of rotatable bonds is 6. The highest BCUT2D eigenvalue weighted by molar-refractivity contribution is 6.28. The van der Waals surface area contributed by atoms with Crippen molar-refractivity contribution in [3.05, 3.63) is 361 Å². The van der Waals surface area contributed by atoms with E-state index in [0.717, 1.165) is 6.92 Å². The highest BCUT2D eigenvalue weighted by Gasteiger charge is 2.37. The molecule has 0 saturated carbocycles. The largest absolute Gasteiger partial charge is 0.456 e. The van der Waals surface area contributed by atoms with Gasteiger partial charge < -0.3 is 8.83 Å². The average molecular weight is 1390 g/mol. The lowest BCUT2D eigenvalue weighted by Crippen LogP contribution is -2.14. The predicted molar refractivity (Wildman–Crippen MR) is 440 cm³/mol. The Balaban J connectivity index is 0.000000187. The van der Waals surface area contributed by atoms with E-state index in [4.69, 9.17) is 51.3 Å². The fourth-order valence-corrected chi connectivity index (χ4v) is 14.0. The summed E-state index contributed by atoms with van der Waals surface area (Å²) in [7, 11) is 0. The van der Waals surface area contributed by atoms with Crippen LogP contribution < -0.4 is 0 Å². The van der Waals surface area contributed by atoms with Crippen molar-refractivity contribution in [2.45, 2.75) is 38.5 Å². The lowest BCUT2D eigenvalue weighted by atomic mass is 9.81. The second kappa shape index (κ2) is 22.8. The lowest BCUT2D eigenvalue weighted by Gasteiger charge is -2.22. The number of furan rings is 2. The molecule has 2 aromatic heterocycles. The van der Waals surface area contributed by atoms with Crippen LogP contribution in [0.3, 0.4) is 0 Å². The van der Waals surface area contributed by atoms with Crippen molar-refractivity contribution in [2.24, 2.45) is 0 Å². The number of fused-ring (bicyclic) bond motifs is 18. The molecule has 1 atom stereocenters. The second-order valence-corrected chi connectivity index (χ2v) is 24.8. The topological polar surface area (TPSA) is 26.3 Å². The Labute approximate surface area is 685 Å². The Morgan fingerprint density at radius 3 is 1.02 bits per heavy atom. The van der Waals surface area contributed by atoms with Crippen LogP contribution in [-0.4, -0.2) is 0 Å². The number of hydrogen-bond donors (Lipinski definition) is 0. The first-order valence-corrected chi connectivity index (χ1v) is 31.6. The summed E-state index contributed by atoms with van der Waals surface area (Å²) in [6.07, 6.45) is 0. The Kier molecular flexibility index (Phi) is 5.61. The SMILES string of the molecule is [2H]c1c([2H])c(-c2c([2H])c([2H])c3c(c2[2H])C(C)(C)c2c([2H])c([2H])c([2H])c([2H])c2-3)c([2H])c(-c2c3c([2H])c([2H])c([2H])c([2H])c3c(-c3c([2H])c([2H])c([2H])c4oc5c([2H])c6c([2H])c([2H])c([2H])c([2H])c6c([2H])c5c34)c3c([2H])c([2H])c([2H])c([2H])c23)c1[2H].[2H]c1c([2H])c([2H])c2c(c1[2H])-c1c([2H])c([2H])c(-c3c([2H])c([2H])c(-c4c5c([2H])c([2H])c([2H])c([2H])c5c(-c5c([2H])c([2H])c([2H])c6oc7c([2H])c8c([2H])c([2H])c([2H])c([2H])c8c([2H])c7c56)c5c([2H])c([2H])c([2H])c([2H])c45)c([2H])c3[2H])c([2H])c1C2(C)C([2H])([2H])[2H]. The third kappa shape index (κ3) is 9.01. The van der Waals surface area contributed by atoms with Crippen LogP contribution >= 0.6 is 0 Å². The third-order valence-corrected chi connectivity index (χ3v) is 18.6. The molecular formula is C102H68O2. The summed E-state index contributed by atoms with van der Waals surface area (Å²) in [5, 5.41) is -10.3. The summed E-state index contributed by atoms with van der Waals surface area (Å²) in [6.45, 7) is 0.775. The molecule has 0 N–H and O–H groups in total. The quantitative estimate of drug-likeness (QED) is 0.155. The van der Waals surface area contributed by atoms with Crippen molar-refractivity contribution in [1.29, 1.82) is 0 Å². The summed E-state index contributed by atoms with van der Waals surface area (Å²) < 4.78 is 551. The van der Waals surface area contributed by atoms with E-state index >= 15 is 0 Å². The van der Waals surface area contributed by atoms with E-state index in [0.29, 0.717) is 0 Å². The van der Waals surface area contributed by atoms with Gasteiger partial charge in [0.1, 0.15) is 22.3 Å². The van der Waals surface area contributed by atoms with Gasteiger partial charge in [-0.25, -0.2) is 0 Å². The van der Waals surface area contributed by atoms with Crippen molar-refractivity contribution < 1.29 is 89.7 Å². The van der Waals surface area contributed by atoms with Crippen LogP contribution in [-0.2, 0) is 10.8 Å². The molecule has 0 saturated heterocycles. The maximum Gasteiger partial charge on any atom is 0.136 e. The molecule has 2 heteroatoms. The highest BCUT2D eigenvalue weighted by Crippen LogP contribution is 2.54. The molecular weight excluding hydrogens is 1260 g/mol. The molecule has 0 spiro atoms. The summed E-state index contributed by atoms with van der Waals surface area (Å²) in [6, 6.07) is -50.8. The van der Waals surface area contributed by atoms with Gasteiger partial charge in [0, 0.05) is 36.5 Å². The zero-order chi connectivity index (χ0) is 120. The molecule has 20 aromatic rings. The summed E-state index contributed by atoms with van der Waals surface area (Å²) in [4.78, 5) is 0. The smallest absolute Gasteiger partial charge is 0.136 e. The van der Waals surface area contributed by atoms with Crippen LogP contribution in [0.4, 0.5) is 0 Å². The zero-order valence-electron chi connectivity index (χ0n) is 112. The Bertz CT molecular complexity index is 10500. The van der Waals surface area contributed by atoms with Gasteiger partial charge in [0.25, 0.3) is 0 Å². The summed E-state index contributed by atoms with van der Waals surface area (Å²) >= 11 is 0. The van der Waals surface area contributed by atoms with E-state index < -0.39 is 554 Å². The minimum Gasteiger partial charge on any atom is -0.456 e. The molecule has 0 fully saturated rings. The molecule has 0 amide bonds. The molecule has 1 unspecified atom stereocenters. The zero-order valence-corrected chi connectivity index (χ0v) is 53.3. The number of benzene rings is 18. The van der Waals surface area contributed by atoms with Crippen LogP contribution in [0, 0.1) is 0 Å². The van der Waals surface area contributed by atoms with Gasteiger partial charge in [0.05, 0.1) is 76.8 Å². The van der Waals surface area contributed by atoms with Crippen LogP contribution in [0.15, 0.2) is 347 Å². The van der Waals surface area contributed by atoms with Gasteiger partial charge in [-0.1, -0.05) is 312 Å². The first kappa shape index (κ1) is 25.6. The first-order valence-electron chi connectivity index (χ1n) is 61.1. The molecule has 2 aliphatic rings. The average Bonchev–Trinajstić information content (AvgIpc) is 1.53. The van der Waals surface area contributed by atoms with E-state index in [1.807, 2.05) is 0 Å². The van der Waals surface area contributed by atoms with Crippen LogP contribution in [0.25, 0.3) is 198 Å². The Morgan fingerprint density at radius 1 is 0.221 bits per heavy atom. The van der Waals surface area contributed by atoms with Gasteiger partial charge in [-0.2, -0.15) is 0 Å². The molecule has 2 aliphatic carbocycles. The van der Waals surface area contributed by atoms with Crippen LogP contribution in [0.1, 0.15) is 131 Å². The van der Waals surface area contributed by atoms with E-state index in [-0.39, 0.29) is 22.3 Å². The van der Waals surface area contributed by atoms with Gasteiger partial charge in [0.2, 0.25) is 0 Å². The second-order valence-electron chi connectivity index (χ2n) is 24.8. The first-order chi connectivity index (χ1) is 75.7.